The van der Waals surface area contributed by atoms with Gasteiger partial charge in [0.05, 0.1) is 7.11 Å². The van der Waals surface area contributed by atoms with Crippen molar-refractivity contribution in [2.45, 2.75) is 64.7 Å². The summed E-state index contributed by atoms with van der Waals surface area (Å²) in [6.45, 7) is 7.35. The van der Waals surface area contributed by atoms with E-state index in [1.807, 2.05) is 18.2 Å². The van der Waals surface area contributed by atoms with Gasteiger partial charge in [-0.15, -0.1) is 0 Å². The zero-order valence-electron chi connectivity index (χ0n) is 15.4. The van der Waals surface area contributed by atoms with E-state index in [2.05, 4.69) is 37.8 Å². The molecule has 0 amide bonds. The van der Waals surface area contributed by atoms with Gasteiger partial charge in [0, 0.05) is 18.6 Å². The van der Waals surface area contributed by atoms with Gasteiger partial charge in [0.25, 0.3) is 0 Å². The molecule has 1 heterocycles. The number of nitrogens with zero attached hydrogens (tertiary/aromatic N) is 1. The second kappa shape index (κ2) is 8.63. The van der Waals surface area contributed by atoms with Crippen molar-refractivity contribution in [3.8, 4) is 0 Å². The lowest BCUT2D eigenvalue weighted by molar-refractivity contribution is -0.146. The molecule has 0 aromatic heterocycles. The first kappa shape index (κ1) is 18.9. The maximum absolute atomic E-state index is 12.4. The summed E-state index contributed by atoms with van der Waals surface area (Å²) in [4.78, 5) is 14.7. The number of hydrogen-bond donors (Lipinski definition) is 1. The van der Waals surface area contributed by atoms with Crippen molar-refractivity contribution in [2.24, 2.45) is 17.6 Å². The highest BCUT2D eigenvalue weighted by atomic mass is 16.5. The number of ether oxygens (including phenoxy) is 1. The van der Waals surface area contributed by atoms with Gasteiger partial charge >= 0.3 is 5.97 Å². The number of hydrogen-bond acceptors (Lipinski definition) is 4. The predicted octanol–water partition coefficient (Wildman–Crippen LogP) is 3.20. The third-order valence-electron chi connectivity index (χ3n) is 5.18. The van der Waals surface area contributed by atoms with Gasteiger partial charge in [-0.25, -0.2) is 0 Å². The fraction of sp³-hybridized carbons (Fsp3) is 0.650. The highest BCUT2D eigenvalue weighted by molar-refractivity contribution is 5.76. The van der Waals surface area contributed by atoms with Crippen molar-refractivity contribution >= 4 is 5.97 Å². The zero-order chi connectivity index (χ0) is 17.7. The quantitative estimate of drug-likeness (QED) is 0.779. The minimum Gasteiger partial charge on any atom is -0.468 e. The van der Waals surface area contributed by atoms with Crippen LogP contribution in [-0.2, 0) is 16.1 Å². The monoisotopic (exact) mass is 332 g/mol. The minimum absolute atomic E-state index is 0.0771. The van der Waals surface area contributed by atoms with E-state index in [-0.39, 0.29) is 24.1 Å². The lowest BCUT2D eigenvalue weighted by Gasteiger charge is -2.35. The molecule has 4 heteroatoms. The number of benzene rings is 1. The smallest absolute Gasteiger partial charge is 0.323 e. The normalized spacial score (nSPS) is 25.8. The van der Waals surface area contributed by atoms with Crippen molar-refractivity contribution in [2.75, 3.05) is 7.11 Å². The van der Waals surface area contributed by atoms with E-state index in [0.717, 1.165) is 25.8 Å². The molecule has 0 aliphatic carbocycles. The molecule has 2 rings (SSSR count). The molecule has 4 atom stereocenters. The maximum Gasteiger partial charge on any atom is 0.323 e. The standard InChI is InChI=1S/C20H32N2O2/c1-5-16-12-18(20(23)24-4)22(13-15-9-7-6-8-10-15)19(16)17(21)11-14(2)3/h6-10,14,16-19H,5,11-13,21H2,1-4H3/t16-,17?,18-,19?/m1/s1. The summed E-state index contributed by atoms with van der Waals surface area (Å²) in [6, 6.07) is 10.4. The third kappa shape index (κ3) is 4.37. The molecule has 0 radical (unpaired) electrons. The first-order valence-corrected chi connectivity index (χ1v) is 9.11. The van der Waals surface area contributed by atoms with Crippen molar-refractivity contribution in [1.82, 2.24) is 4.90 Å². The van der Waals surface area contributed by atoms with Gasteiger partial charge in [0.1, 0.15) is 6.04 Å². The van der Waals surface area contributed by atoms with Crippen LogP contribution in [0.5, 0.6) is 0 Å². The molecule has 0 saturated carbocycles. The Balaban J connectivity index is 2.29. The van der Waals surface area contributed by atoms with Crippen LogP contribution in [0.1, 0.15) is 45.6 Å². The number of carbonyl (C=O) groups excluding carboxylic acids is 1. The number of methoxy groups -OCH3 is 1. The van der Waals surface area contributed by atoms with Gasteiger partial charge in [0.15, 0.2) is 0 Å². The number of rotatable bonds is 7. The van der Waals surface area contributed by atoms with E-state index in [1.54, 1.807) is 0 Å². The fourth-order valence-corrected chi connectivity index (χ4v) is 4.11. The molecule has 1 aliphatic heterocycles. The molecule has 1 fully saturated rings. The molecule has 0 spiro atoms. The summed E-state index contributed by atoms with van der Waals surface area (Å²) in [7, 11) is 1.48. The maximum atomic E-state index is 12.4. The van der Waals surface area contributed by atoms with Crippen molar-refractivity contribution < 1.29 is 9.53 Å². The van der Waals surface area contributed by atoms with Crippen LogP contribution >= 0.6 is 0 Å². The summed E-state index contributed by atoms with van der Waals surface area (Å²) < 4.78 is 5.08. The number of carbonyl (C=O) groups is 1. The molecule has 2 unspecified atom stereocenters. The molecule has 1 aromatic rings. The Labute approximate surface area is 146 Å². The van der Waals surface area contributed by atoms with E-state index < -0.39 is 0 Å². The van der Waals surface area contributed by atoms with Crippen LogP contribution in [0.4, 0.5) is 0 Å². The molecule has 4 nitrogen and oxygen atoms in total. The van der Waals surface area contributed by atoms with Crippen LogP contribution in [0.2, 0.25) is 0 Å². The molecule has 24 heavy (non-hydrogen) atoms. The van der Waals surface area contributed by atoms with Crippen LogP contribution in [0.15, 0.2) is 30.3 Å². The van der Waals surface area contributed by atoms with Gasteiger partial charge in [-0.05, 0) is 30.2 Å². The average molecular weight is 332 g/mol. The first-order chi connectivity index (χ1) is 11.5. The fourth-order valence-electron chi connectivity index (χ4n) is 4.11. The molecular weight excluding hydrogens is 300 g/mol. The molecule has 1 aromatic carbocycles. The number of nitrogens with two attached hydrogens (primary N) is 1. The Kier molecular flexibility index (Phi) is 6.81. The minimum atomic E-state index is -0.191. The Morgan fingerprint density at radius 3 is 2.54 bits per heavy atom. The lowest BCUT2D eigenvalue weighted by Crippen LogP contribution is -2.50. The Morgan fingerprint density at radius 2 is 2.00 bits per heavy atom. The summed E-state index contributed by atoms with van der Waals surface area (Å²) in [5.41, 5.74) is 7.81. The van der Waals surface area contributed by atoms with E-state index in [4.69, 9.17) is 10.5 Å². The van der Waals surface area contributed by atoms with Gasteiger partial charge in [-0.2, -0.15) is 0 Å². The van der Waals surface area contributed by atoms with Gasteiger partial charge < -0.3 is 10.5 Å². The predicted molar refractivity (Wildman–Crippen MR) is 97.4 cm³/mol. The van der Waals surface area contributed by atoms with Crippen LogP contribution in [-0.4, -0.2) is 36.1 Å². The van der Waals surface area contributed by atoms with E-state index >= 15 is 0 Å². The van der Waals surface area contributed by atoms with E-state index in [1.165, 1.54) is 12.7 Å². The van der Waals surface area contributed by atoms with Gasteiger partial charge in [-0.1, -0.05) is 57.5 Å². The average Bonchev–Trinajstić information content (AvgIpc) is 2.93. The zero-order valence-corrected chi connectivity index (χ0v) is 15.4. The second-order valence-corrected chi connectivity index (χ2v) is 7.38. The summed E-state index contributed by atoms with van der Waals surface area (Å²) in [5, 5.41) is 0. The number of esters is 1. The Morgan fingerprint density at radius 1 is 1.33 bits per heavy atom. The van der Waals surface area contributed by atoms with Crippen LogP contribution < -0.4 is 5.73 Å². The lowest BCUT2D eigenvalue weighted by atomic mass is 9.87. The molecule has 0 bridgehead atoms. The van der Waals surface area contributed by atoms with E-state index in [0.29, 0.717) is 11.8 Å². The van der Waals surface area contributed by atoms with Crippen LogP contribution in [0.25, 0.3) is 0 Å². The Bertz CT molecular complexity index is 518. The Hall–Kier alpha value is -1.39. The van der Waals surface area contributed by atoms with Crippen LogP contribution in [0.3, 0.4) is 0 Å². The SMILES string of the molecule is CC[C@@H]1C[C@H](C(=O)OC)N(Cc2ccccc2)C1C(N)CC(C)C. The second-order valence-electron chi connectivity index (χ2n) is 7.38. The molecule has 1 aliphatic rings. The highest BCUT2D eigenvalue weighted by Crippen LogP contribution is 2.36. The summed E-state index contributed by atoms with van der Waals surface area (Å²) in [6.07, 6.45) is 2.85. The first-order valence-electron chi connectivity index (χ1n) is 9.11. The summed E-state index contributed by atoms with van der Waals surface area (Å²) in [5.74, 6) is 0.850. The summed E-state index contributed by atoms with van der Waals surface area (Å²) >= 11 is 0. The number of likely N-dealkylation sites (tertiary alicyclic amines) is 1. The molecule has 1 saturated heterocycles. The van der Waals surface area contributed by atoms with Crippen molar-refractivity contribution in [3.05, 3.63) is 35.9 Å². The molecule has 134 valence electrons. The van der Waals surface area contributed by atoms with Crippen molar-refractivity contribution in [3.63, 3.8) is 0 Å². The highest BCUT2D eigenvalue weighted by Gasteiger charge is 2.46. The molecular formula is C20H32N2O2. The topological polar surface area (TPSA) is 55.6 Å². The van der Waals surface area contributed by atoms with Gasteiger partial charge in [-0.3, -0.25) is 9.69 Å². The van der Waals surface area contributed by atoms with Gasteiger partial charge in [0.2, 0.25) is 0 Å². The molecule has 2 N–H and O–H groups in total. The van der Waals surface area contributed by atoms with E-state index in [9.17, 15) is 4.79 Å². The third-order valence-corrected chi connectivity index (χ3v) is 5.18. The largest absolute Gasteiger partial charge is 0.468 e. The van der Waals surface area contributed by atoms with Crippen LogP contribution in [0, 0.1) is 11.8 Å². The van der Waals surface area contributed by atoms with Crippen molar-refractivity contribution in [1.29, 1.82) is 0 Å².